The van der Waals surface area contributed by atoms with Crippen LogP contribution in [0.2, 0.25) is 0 Å². The third kappa shape index (κ3) is 2.90. The number of carbonyl (C=O) groups excluding carboxylic acids is 1. The van der Waals surface area contributed by atoms with E-state index in [1.807, 2.05) is 4.90 Å². The molecule has 0 bridgehead atoms. The zero-order chi connectivity index (χ0) is 18.1. The number of fused-ring (bicyclic) bond motifs is 2. The second kappa shape index (κ2) is 6.61. The molecule has 8 heteroatoms. The molecule has 3 atom stereocenters. The predicted molar refractivity (Wildman–Crippen MR) is 93.0 cm³/mol. The van der Waals surface area contributed by atoms with Crippen molar-refractivity contribution in [2.75, 3.05) is 26.4 Å². The zero-order valence-electron chi connectivity index (χ0n) is 14.8. The minimum atomic E-state index is -0.592. The highest BCUT2D eigenvalue weighted by atomic mass is 16.7. The summed E-state index contributed by atoms with van der Waals surface area (Å²) in [6.07, 6.45) is 2.64. The first-order valence-corrected chi connectivity index (χ1v) is 8.97. The predicted octanol–water partition coefficient (Wildman–Crippen LogP) is 3.12. The third-order valence-electron chi connectivity index (χ3n) is 5.80. The molecule has 3 unspecified atom stereocenters. The van der Waals surface area contributed by atoms with Gasteiger partial charge in [-0.25, -0.2) is 0 Å². The number of nitrogens with zero attached hydrogens (tertiary/aromatic N) is 4. The maximum Gasteiger partial charge on any atom is 0.263 e. The van der Waals surface area contributed by atoms with Gasteiger partial charge in [-0.1, -0.05) is 11.5 Å². The molecule has 0 radical (unpaired) electrons. The van der Waals surface area contributed by atoms with Crippen molar-refractivity contribution in [1.82, 2.24) is 4.90 Å². The van der Waals surface area contributed by atoms with Gasteiger partial charge in [0.2, 0.25) is 6.79 Å². The molecule has 0 N–H and O–H groups in total. The quantitative estimate of drug-likeness (QED) is 0.459. The van der Waals surface area contributed by atoms with E-state index in [2.05, 4.69) is 10.0 Å². The van der Waals surface area contributed by atoms with Crippen LogP contribution >= 0.6 is 0 Å². The van der Waals surface area contributed by atoms with Crippen LogP contribution in [0.3, 0.4) is 0 Å². The molecule has 4 rings (SSSR count). The lowest BCUT2D eigenvalue weighted by atomic mass is 9.81. The molecule has 138 valence electrons. The Labute approximate surface area is 151 Å². The summed E-state index contributed by atoms with van der Waals surface area (Å²) < 4.78 is 16.5. The molecule has 1 saturated carbocycles. The SMILES string of the molecule is CC(Oc1ccc2c(c1)OCO2)C(=O)N1CC2CCCC2(CN=[N+]=[N-])C1. The summed E-state index contributed by atoms with van der Waals surface area (Å²) in [6, 6.07) is 5.30. The summed E-state index contributed by atoms with van der Waals surface area (Å²) >= 11 is 0. The van der Waals surface area contributed by atoms with Crippen LogP contribution in [0, 0.1) is 11.3 Å². The fourth-order valence-corrected chi connectivity index (χ4v) is 4.47. The van der Waals surface area contributed by atoms with Gasteiger partial charge in [0.15, 0.2) is 17.6 Å². The Bertz CT molecular complexity index is 764. The van der Waals surface area contributed by atoms with E-state index < -0.39 is 6.10 Å². The first-order valence-electron chi connectivity index (χ1n) is 8.97. The van der Waals surface area contributed by atoms with E-state index in [0.29, 0.717) is 42.8 Å². The van der Waals surface area contributed by atoms with Crippen molar-refractivity contribution < 1.29 is 19.0 Å². The topological polar surface area (TPSA) is 96.8 Å². The van der Waals surface area contributed by atoms with Crippen molar-refractivity contribution >= 4 is 5.91 Å². The molecule has 8 nitrogen and oxygen atoms in total. The van der Waals surface area contributed by atoms with Gasteiger partial charge in [-0.05, 0) is 48.8 Å². The Morgan fingerprint density at radius 1 is 1.50 bits per heavy atom. The number of rotatable bonds is 5. The van der Waals surface area contributed by atoms with Gasteiger partial charge in [0.1, 0.15) is 5.75 Å². The molecular formula is C18H22N4O4. The molecule has 1 aromatic rings. The number of azide groups is 1. The number of hydrogen-bond donors (Lipinski definition) is 0. The van der Waals surface area contributed by atoms with Gasteiger partial charge in [-0.2, -0.15) is 0 Å². The van der Waals surface area contributed by atoms with E-state index in [1.165, 1.54) is 0 Å². The van der Waals surface area contributed by atoms with E-state index >= 15 is 0 Å². The molecule has 3 aliphatic rings. The van der Waals surface area contributed by atoms with Crippen LogP contribution in [0.1, 0.15) is 26.2 Å². The van der Waals surface area contributed by atoms with Gasteiger partial charge in [0, 0.05) is 30.6 Å². The highest BCUT2D eigenvalue weighted by Gasteiger charge is 2.50. The second-order valence-corrected chi connectivity index (χ2v) is 7.33. The second-order valence-electron chi connectivity index (χ2n) is 7.33. The van der Waals surface area contributed by atoms with Crippen molar-refractivity contribution in [2.45, 2.75) is 32.3 Å². The summed E-state index contributed by atoms with van der Waals surface area (Å²) in [4.78, 5) is 17.7. The Hall–Kier alpha value is -2.60. The maximum absolute atomic E-state index is 12.9. The van der Waals surface area contributed by atoms with E-state index in [1.54, 1.807) is 25.1 Å². The molecule has 0 aromatic heterocycles. The highest BCUT2D eigenvalue weighted by Crippen LogP contribution is 2.49. The lowest BCUT2D eigenvalue weighted by Crippen LogP contribution is -2.40. The Morgan fingerprint density at radius 2 is 2.35 bits per heavy atom. The fourth-order valence-electron chi connectivity index (χ4n) is 4.47. The number of amides is 1. The zero-order valence-corrected chi connectivity index (χ0v) is 14.8. The van der Waals surface area contributed by atoms with Gasteiger partial charge < -0.3 is 19.1 Å². The number of hydrogen-bond acceptors (Lipinski definition) is 5. The van der Waals surface area contributed by atoms with Crippen LogP contribution in [-0.2, 0) is 4.79 Å². The Morgan fingerprint density at radius 3 is 3.19 bits per heavy atom. The first kappa shape index (κ1) is 16.8. The standard InChI is InChI=1S/C18H22N4O4/c1-12(26-14-4-5-15-16(7-14)25-11-24-15)17(23)22-8-13-3-2-6-18(13,10-22)9-20-21-19/h4-5,7,12-13H,2-3,6,8-11H2,1H3. The average molecular weight is 358 g/mol. The monoisotopic (exact) mass is 358 g/mol. The molecule has 1 aliphatic carbocycles. The number of benzene rings is 1. The summed E-state index contributed by atoms with van der Waals surface area (Å²) in [5.41, 5.74) is 8.62. The largest absolute Gasteiger partial charge is 0.481 e. The van der Waals surface area contributed by atoms with E-state index in [9.17, 15) is 4.79 Å². The van der Waals surface area contributed by atoms with Gasteiger partial charge in [-0.15, -0.1) is 0 Å². The fraction of sp³-hybridized carbons (Fsp3) is 0.611. The summed E-state index contributed by atoms with van der Waals surface area (Å²) in [7, 11) is 0. The van der Waals surface area contributed by atoms with Gasteiger partial charge >= 0.3 is 0 Å². The molecule has 2 aliphatic heterocycles. The first-order chi connectivity index (χ1) is 12.6. The number of ether oxygens (including phenoxy) is 3. The normalized spacial score (nSPS) is 27.0. The summed E-state index contributed by atoms with van der Waals surface area (Å²) in [5, 5.41) is 3.81. The third-order valence-corrected chi connectivity index (χ3v) is 5.80. The maximum atomic E-state index is 12.9. The average Bonchev–Trinajstić information content (AvgIpc) is 3.32. The van der Waals surface area contributed by atoms with Crippen LogP contribution in [0.15, 0.2) is 23.3 Å². The molecule has 26 heavy (non-hydrogen) atoms. The van der Waals surface area contributed by atoms with E-state index in [0.717, 1.165) is 19.3 Å². The summed E-state index contributed by atoms with van der Waals surface area (Å²) in [6.45, 7) is 3.80. The highest BCUT2D eigenvalue weighted by molar-refractivity contribution is 5.81. The van der Waals surface area contributed by atoms with Crippen LogP contribution in [0.5, 0.6) is 17.2 Å². The van der Waals surface area contributed by atoms with Crippen LogP contribution in [0.4, 0.5) is 0 Å². The van der Waals surface area contributed by atoms with Crippen molar-refractivity contribution in [3.8, 4) is 17.2 Å². The van der Waals surface area contributed by atoms with Gasteiger partial charge in [0.25, 0.3) is 5.91 Å². The number of likely N-dealkylation sites (tertiary alicyclic amines) is 1. The number of carbonyl (C=O) groups is 1. The van der Waals surface area contributed by atoms with Crippen LogP contribution in [-0.4, -0.2) is 43.3 Å². The van der Waals surface area contributed by atoms with Gasteiger partial charge in [0.05, 0.1) is 0 Å². The molecule has 1 saturated heterocycles. The van der Waals surface area contributed by atoms with Crippen molar-refractivity contribution in [2.24, 2.45) is 16.4 Å². The van der Waals surface area contributed by atoms with E-state index in [4.69, 9.17) is 19.7 Å². The molecular weight excluding hydrogens is 336 g/mol. The minimum Gasteiger partial charge on any atom is -0.481 e. The lowest BCUT2D eigenvalue weighted by molar-refractivity contribution is -0.137. The Kier molecular flexibility index (Phi) is 4.28. The van der Waals surface area contributed by atoms with Crippen LogP contribution in [0.25, 0.3) is 10.4 Å². The van der Waals surface area contributed by atoms with E-state index in [-0.39, 0.29) is 18.1 Å². The molecule has 0 spiro atoms. The molecule has 2 heterocycles. The summed E-state index contributed by atoms with van der Waals surface area (Å²) in [5.74, 6) is 2.28. The van der Waals surface area contributed by atoms with Crippen LogP contribution < -0.4 is 14.2 Å². The van der Waals surface area contributed by atoms with Gasteiger partial charge in [-0.3, -0.25) is 4.79 Å². The lowest BCUT2D eigenvalue weighted by Gasteiger charge is -2.27. The molecule has 1 amide bonds. The van der Waals surface area contributed by atoms with Crippen molar-refractivity contribution in [1.29, 1.82) is 0 Å². The molecule has 2 fully saturated rings. The van der Waals surface area contributed by atoms with Crippen molar-refractivity contribution in [3.05, 3.63) is 28.6 Å². The minimum absolute atomic E-state index is 0.0302. The Balaban J connectivity index is 1.42. The van der Waals surface area contributed by atoms with Crippen molar-refractivity contribution in [3.63, 3.8) is 0 Å². The smallest absolute Gasteiger partial charge is 0.263 e. The molecule has 1 aromatic carbocycles.